The summed E-state index contributed by atoms with van der Waals surface area (Å²) in [5.41, 5.74) is 2.11. The van der Waals surface area contributed by atoms with Crippen LogP contribution in [0.4, 0.5) is 0 Å². The molecule has 1 fully saturated rings. The van der Waals surface area contributed by atoms with Gasteiger partial charge in [0.25, 0.3) is 0 Å². The van der Waals surface area contributed by atoms with Crippen LogP contribution >= 0.6 is 11.8 Å². The van der Waals surface area contributed by atoms with Gasteiger partial charge < -0.3 is 19.0 Å². The number of fused-ring (bicyclic) bond motifs is 1. The van der Waals surface area contributed by atoms with Crippen molar-refractivity contribution in [2.45, 2.75) is 25.3 Å². The Morgan fingerprint density at radius 2 is 2.03 bits per heavy atom. The minimum atomic E-state index is -0.760. The van der Waals surface area contributed by atoms with Crippen molar-refractivity contribution in [3.63, 3.8) is 0 Å². The quantitative estimate of drug-likeness (QED) is 0.510. The van der Waals surface area contributed by atoms with Crippen molar-refractivity contribution in [3.8, 4) is 0 Å². The molecule has 1 N–H and O–H groups in total. The Morgan fingerprint density at radius 1 is 1.24 bits per heavy atom. The number of para-hydroxylation sites is 1. The zero-order valence-electron chi connectivity index (χ0n) is 16.0. The fourth-order valence-electron chi connectivity index (χ4n) is 3.66. The van der Waals surface area contributed by atoms with Crippen molar-refractivity contribution in [2.75, 3.05) is 12.4 Å². The number of H-pyrrole nitrogens is 1. The van der Waals surface area contributed by atoms with Gasteiger partial charge in [-0.1, -0.05) is 18.2 Å². The second kappa shape index (κ2) is 7.79. The summed E-state index contributed by atoms with van der Waals surface area (Å²) >= 11 is 1.43. The second-order valence-corrected chi connectivity index (χ2v) is 7.96. The van der Waals surface area contributed by atoms with Crippen molar-refractivity contribution in [3.05, 3.63) is 59.7 Å². The van der Waals surface area contributed by atoms with Gasteiger partial charge in [0, 0.05) is 34.8 Å². The number of hydrogen-bond acceptors (Lipinski definition) is 6. The fraction of sp³-hybridized carbons (Fsp3) is 0.286. The van der Waals surface area contributed by atoms with Crippen LogP contribution in [-0.2, 0) is 14.3 Å². The molecule has 1 saturated heterocycles. The molecule has 1 aromatic carbocycles. The van der Waals surface area contributed by atoms with Gasteiger partial charge in [0.2, 0.25) is 11.7 Å². The number of ketones is 1. The lowest BCUT2D eigenvalue weighted by atomic mass is 10.1. The minimum Gasteiger partial charge on any atom is -0.466 e. The van der Waals surface area contributed by atoms with Crippen molar-refractivity contribution >= 4 is 40.3 Å². The molecule has 0 spiro atoms. The number of nitrogens with zero attached hydrogens (tertiary/aromatic N) is 1. The summed E-state index contributed by atoms with van der Waals surface area (Å²) < 4.78 is 10.7. The van der Waals surface area contributed by atoms with Gasteiger partial charge in [-0.25, -0.2) is 4.79 Å². The zero-order valence-corrected chi connectivity index (χ0v) is 16.8. The summed E-state index contributed by atoms with van der Waals surface area (Å²) in [6, 6.07) is 10.2. The molecule has 8 heteroatoms. The number of carbonyl (C=O) groups excluding carboxylic acids is 3. The van der Waals surface area contributed by atoms with E-state index in [1.165, 1.54) is 29.8 Å². The van der Waals surface area contributed by atoms with E-state index in [0.717, 1.165) is 16.6 Å². The first kappa shape index (κ1) is 19.3. The lowest BCUT2D eigenvalue weighted by molar-refractivity contribution is -0.152. The number of carbonyl (C=O) groups is 3. The third-order valence-corrected chi connectivity index (χ3v) is 6.22. The molecule has 1 aliphatic heterocycles. The molecule has 1 aliphatic rings. The van der Waals surface area contributed by atoms with E-state index < -0.39 is 12.0 Å². The van der Waals surface area contributed by atoms with Crippen LogP contribution in [0.5, 0.6) is 0 Å². The number of rotatable bonds is 5. The van der Waals surface area contributed by atoms with Crippen LogP contribution in [0.3, 0.4) is 0 Å². The van der Waals surface area contributed by atoms with Gasteiger partial charge >= 0.3 is 5.97 Å². The predicted molar refractivity (Wildman–Crippen MR) is 109 cm³/mol. The third kappa shape index (κ3) is 3.55. The molecule has 4 rings (SSSR count). The zero-order chi connectivity index (χ0) is 20.5. The Bertz CT molecular complexity index is 1070. The van der Waals surface area contributed by atoms with Gasteiger partial charge in [0.15, 0.2) is 6.61 Å². The Morgan fingerprint density at radius 3 is 2.76 bits per heavy atom. The van der Waals surface area contributed by atoms with Gasteiger partial charge in [0.05, 0.1) is 6.26 Å². The molecule has 7 nitrogen and oxygen atoms in total. The average Bonchev–Trinajstić information content (AvgIpc) is 3.42. The standard InChI is InChI=1S/C21H20N2O5S/c1-12-19(14-6-3-4-7-15(14)22-12)17(25)10-28-21(26)16-11-29-20(23(16)13(2)24)18-8-5-9-27-18/h3-9,16,20,22H,10-11H2,1-2H3/t16-,20+/m0/s1. The highest BCUT2D eigenvalue weighted by Crippen LogP contribution is 2.41. The SMILES string of the molecule is CC(=O)N1[C@@H](c2ccco2)SC[C@H]1C(=O)OCC(=O)c1c(C)[nH]c2ccccc12. The van der Waals surface area contributed by atoms with Crippen LogP contribution in [0.25, 0.3) is 10.9 Å². The largest absolute Gasteiger partial charge is 0.466 e. The maximum atomic E-state index is 12.7. The molecule has 3 heterocycles. The lowest BCUT2D eigenvalue weighted by Crippen LogP contribution is -2.43. The van der Waals surface area contributed by atoms with E-state index in [1.807, 2.05) is 31.2 Å². The summed E-state index contributed by atoms with van der Waals surface area (Å²) in [7, 11) is 0. The molecule has 0 radical (unpaired) electrons. The average molecular weight is 412 g/mol. The highest BCUT2D eigenvalue weighted by atomic mass is 32.2. The van der Waals surface area contributed by atoms with Gasteiger partial charge in [-0.05, 0) is 25.1 Å². The summed E-state index contributed by atoms with van der Waals surface area (Å²) in [5, 5.41) is 0.414. The summed E-state index contributed by atoms with van der Waals surface area (Å²) in [5.74, 6) is -0.143. The Hall–Kier alpha value is -3.00. The van der Waals surface area contributed by atoms with Crippen molar-refractivity contribution < 1.29 is 23.5 Å². The molecule has 150 valence electrons. The Labute approximate surface area is 171 Å². The van der Waals surface area contributed by atoms with Crippen LogP contribution < -0.4 is 0 Å². The lowest BCUT2D eigenvalue weighted by Gasteiger charge is -2.25. The molecular formula is C21H20N2O5S. The minimum absolute atomic E-state index is 0.253. The molecule has 0 bridgehead atoms. The summed E-state index contributed by atoms with van der Waals surface area (Å²) in [4.78, 5) is 42.2. The fourth-order valence-corrected chi connectivity index (χ4v) is 5.08. The molecule has 3 aromatic rings. The highest BCUT2D eigenvalue weighted by Gasteiger charge is 2.43. The molecule has 29 heavy (non-hydrogen) atoms. The number of furan rings is 1. The monoisotopic (exact) mass is 412 g/mol. The molecule has 2 aromatic heterocycles. The van der Waals surface area contributed by atoms with Crippen LogP contribution in [0, 0.1) is 6.92 Å². The number of aromatic amines is 1. The molecule has 0 saturated carbocycles. The van der Waals surface area contributed by atoms with E-state index in [2.05, 4.69) is 4.98 Å². The first-order valence-corrected chi connectivity index (χ1v) is 10.2. The maximum Gasteiger partial charge on any atom is 0.330 e. The van der Waals surface area contributed by atoms with E-state index >= 15 is 0 Å². The molecule has 2 atom stereocenters. The van der Waals surface area contributed by atoms with E-state index in [1.54, 1.807) is 12.1 Å². The third-order valence-electron chi connectivity index (χ3n) is 4.94. The number of Topliss-reactive ketones (excluding diaryl/α,β-unsaturated/α-hetero) is 1. The van der Waals surface area contributed by atoms with Gasteiger partial charge in [-0.2, -0.15) is 0 Å². The smallest absolute Gasteiger partial charge is 0.330 e. The normalized spacial score (nSPS) is 18.9. The number of amides is 1. The van der Waals surface area contributed by atoms with Crippen LogP contribution in [0.1, 0.15) is 34.1 Å². The topological polar surface area (TPSA) is 92.6 Å². The van der Waals surface area contributed by atoms with Gasteiger partial charge in [-0.3, -0.25) is 9.59 Å². The Balaban J connectivity index is 1.47. The first-order valence-electron chi connectivity index (χ1n) is 9.18. The first-order chi connectivity index (χ1) is 14.0. The number of esters is 1. The van der Waals surface area contributed by atoms with Crippen LogP contribution in [-0.4, -0.2) is 45.9 Å². The van der Waals surface area contributed by atoms with E-state index in [-0.39, 0.29) is 23.7 Å². The van der Waals surface area contributed by atoms with Crippen molar-refractivity contribution in [2.24, 2.45) is 0 Å². The van der Waals surface area contributed by atoms with E-state index in [9.17, 15) is 14.4 Å². The highest BCUT2D eigenvalue weighted by molar-refractivity contribution is 7.99. The van der Waals surface area contributed by atoms with E-state index in [4.69, 9.17) is 9.15 Å². The molecule has 0 aliphatic carbocycles. The van der Waals surface area contributed by atoms with Crippen molar-refractivity contribution in [1.82, 2.24) is 9.88 Å². The van der Waals surface area contributed by atoms with Crippen LogP contribution in [0.15, 0.2) is 47.1 Å². The second-order valence-electron chi connectivity index (χ2n) is 6.84. The van der Waals surface area contributed by atoms with Gasteiger partial charge in [0.1, 0.15) is 17.2 Å². The number of ether oxygens (including phenoxy) is 1. The maximum absolute atomic E-state index is 12.7. The summed E-state index contributed by atoms with van der Waals surface area (Å²) in [6.45, 7) is 2.84. The number of benzene rings is 1. The van der Waals surface area contributed by atoms with Crippen molar-refractivity contribution in [1.29, 1.82) is 0 Å². The van der Waals surface area contributed by atoms with Gasteiger partial charge in [-0.15, -0.1) is 11.8 Å². The number of aromatic nitrogens is 1. The number of thioether (sulfide) groups is 1. The number of nitrogens with one attached hydrogen (secondary N) is 1. The van der Waals surface area contributed by atoms with Crippen LogP contribution in [0.2, 0.25) is 0 Å². The van der Waals surface area contributed by atoms with E-state index in [0.29, 0.717) is 17.1 Å². The number of aryl methyl sites for hydroxylation is 1. The summed E-state index contributed by atoms with van der Waals surface area (Å²) in [6.07, 6.45) is 1.53. The molecule has 1 amide bonds. The number of hydrogen-bond donors (Lipinski definition) is 1. The Kier molecular flexibility index (Phi) is 5.19. The molecule has 0 unspecified atom stereocenters. The molecular weight excluding hydrogens is 392 g/mol. The predicted octanol–water partition coefficient (Wildman–Crippen LogP) is 3.46.